The molecule has 3 heterocycles. The van der Waals surface area contributed by atoms with Crippen LogP contribution in [0.15, 0.2) is 24.3 Å². The fourth-order valence-corrected chi connectivity index (χ4v) is 5.97. The van der Waals surface area contributed by atoms with Crippen LogP contribution in [0.25, 0.3) is 0 Å². The van der Waals surface area contributed by atoms with Crippen LogP contribution in [0.5, 0.6) is 5.75 Å². The van der Waals surface area contributed by atoms with Crippen molar-refractivity contribution in [1.82, 2.24) is 0 Å². The predicted molar refractivity (Wildman–Crippen MR) is 111 cm³/mol. The molecule has 6 rings (SSSR count). The molecule has 5 fully saturated rings. The summed E-state index contributed by atoms with van der Waals surface area (Å²) in [5, 5.41) is 60.9. The first kappa shape index (κ1) is 23.9. The van der Waals surface area contributed by atoms with Crippen LogP contribution in [0.1, 0.15) is 29.6 Å². The Labute approximate surface area is 195 Å². The molecule has 3 saturated heterocycles. The normalized spacial score (nSPS) is 45.7. The summed E-state index contributed by atoms with van der Waals surface area (Å²) < 4.78 is 23.2. The van der Waals surface area contributed by atoms with Crippen LogP contribution >= 0.6 is 0 Å². The van der Waals surface area contributed by atoms with Crippen LogP contribution < -0.4 is 0 Å². The first-order valence-corrected chi connectivity index (χ1v) is 11.5. The van der Waals surface area contributed by atoms with Crippen molar-refractivity contribution in [3.63, 3.8) is 0 Å². The molecule has 0 aromatic heterocycles. The van der Waals surface area contributed by atoms with E-state index >= 15 is 0 Å². The molecule has 34 heavy (non-hydrogen) atoms. The van der Waals surface area contributed by atoms with Crippen LogP contribution in [0.3, 0.4) is 0 Å². The van der Waals surface area contributed by atoms with Crippen molar-refractivity contribution in [2.45, 2.75) is 73.9 Å². The summed E-state index contributed by atoms with van der Waals surface area (Å²) in [5.41, 5.74) is -1.06. The van der Waals surface area contributed by atoms with Gasteiger partial charge in [0.1, 0.15) is 36.3 Å². The van der Waals surface area contributed by atoms with Crippen molar-refractivity contribution in [3.05, 3.63) is 29.8 Å². The molecule has 0 spiro atoms. The van der Waals surface area contributed by atoms with Gasteiger partial charge in [-0.25, -0.2) is 4.79 Å². The maximum Gasteiger partial charge on any atom is 0.338 e. The second kappa shape index (κ2) is 8.99. The molecule has 11 atom stereocenters. The average Bonchev–Trinajstić information content (AvgIpc) is 2.92. The molecule has 1 aromatic rings. The lowest BCUT2D eigenvalue weighted by Gasteiger charge is -2.44. The summed E-state index contributed by atoms with van der Waals surface area (Å²) in [6.45, 7) is -0.535. The number of aliphatic hydroxyl groups excluding tert-OH is 4. The molecule has 2 aliphatic carbocycles. The van der Waals surface area contributed by atoms with Gasteiger partial charge in [-0.05, 0) is 30.7 Å². The third-order valence-corrected chi connectivity index (χ3v) is 7.63. The lowest BCUT2D eigenvalue weighted by atomic mass is 9.74. The predicted octanol–water partition coefficient (Wildman–Crippen LogP) is -1.34. The number of aromatic hydroxyl groups is 1. The highest BCUT2D eigenvalue weighted by molar-refractivity contribution is 5.89. The van der Waals surface area contributed by atoms with Gasteiger partial charge in [-0.1, -0.05) is 0 Å². The average molecular weight is 482 g/mol. The smallest absolute Gasteiger partial charge is 0.338 e. The van der Waals surface area contributed by atoms with Crippen molar-refractivity contribution < 1.29 is 54.4 Å². The molecular formula is C23H30O11. The molecule has 4 bridgehead atoms. The van der Waals surface area contributed by atoms with Crippen molar-refractivity contribution in [3.8, 4) is 5.75 Å². The first-order valence-electron chi connectivity index (χ1n) is 11.5. The molecule has 11 nitrogen and oxygen atoms in total. The maximum absolute atomic E-state index is 12.7. The van der Waals surface area contributed by atoms with Crippen LogP contribution in [0.4, 0.5) is 0 Å². The number of hydrogen-bond donors (Lipinski definition) is 6. The third-order valence-electron chi connectivity index (χ3n) is 7.63. The van der Waals surface area contributed by atoms with Gasteiger partial charge >= 0.3 is 5.97 Å². The summed E-state index contributed by atoms with van der Waals surface area (Å²) in [4.78, 5) is 12.7. The molecule has 5 aliphatic rings. The Kier molecular flexibility index (Phi) is 6.32. The molecular weight excluding hydrogens is 452 g/mol. The standard InChI is InChI=1S/C23H30O11/c24-8-16-18(26)19(27)20(28)22(34-16)33-14-6-12-5-13-15(7-23(30,9-31-12)17(13)14)32-21(29)10-1-3-11(25)4-2-10/h1-4,12-20,22,24-28,30H,5-9H2/t12?,13-,14+,15?,16+,17+,18+,19-,20+,22+,23+/m0/s1. The van der Waals surface area contributed by atoms with Crippen LogP contribution in [-0.4, -0.2) is 104 Å². The van der Waals surface area contributed by atoms with Crippen molar-refractivity contribution in [2.24, 2.45) is 11.8 Å². The number of rotatable bonds is 5. The van der Waals surface area contributed by atoms with Gasteiger partial charge in [0.15, 0.2) is 6.29 Å². The zero-order valence-corrected chi connectivity index (χ0v) is 18.3. The molecule has 188 valence electrons. The zero-order chi connectivity index (χ0) is 24.2. The number of fused-ring (bicyclic) bond motifs is 2. The van der Waals surface area contributed by atoms with E-state index in [1.807, 2.05) is 0 Å². The highest BCUT2D eigenvalue weighted by Crippen LogP contribution is 2.54. The monoisotopic (exact) mass is 482 g/mol. The summed E-state index contributed by atoms with van der Waals surface area (Å²) in [7, 11) is 0. The van der Waals surface area contributed by atoms with Gasteiger partial charge in [0, 0.05) is 24.7 Å². The van der Waals surface area contributed by atoms with E-state index in [2.05, 4.69) is 0 Å². The molecule has 6 N–H and O–H groups in total. The molecule has 2 unspecified atom stereocenters. The summed E-state index contributed by atoms with van der Waals surface area (Å²) in [5.74, 6) is -1.30. The second-order valence-electron chi connectivity index (χ2n) is 9.76. The lowest BCUT2D eigenvalue weighted by Crippen LogP contribution is -2.60. The molecule has 2 saturated carbocycles. The zero-order valence-electron chi connectivity index (χ0n) is 18.3. The van der Waals surface area contributed by atoms with Gasteiger partial charge in [0.2, 0.25) is 0 Å². The Morgan fingerprint density at radius 3 is 2.50 bits per heavy atom. The fraction of sp³-hybridized carbons (Fsp3) is 0.696. The van der Waals surface area contributed by atoms with E-state index < -0.39 is 67.0 Å². The minimum Gasteiger partial charge on any atom is -0.508 e. The summed E-state index contributed by atoms with van der Waals surface area (Å²) in [6, 6.07) is 5.70. The van der Waals surface area contributed by atoms with Crippen molar-refractivity contribution in [1.29, 1.82) is 0 Å². The van der Waals surface area contributed by atoms with E-state index in [-0.39, 0.29) is 36.4 Å². The number of ether oxygens (including phenoxy) is 4. The number of carbonyl (C=O) groups is 1. The van der Waals surface area contributed by atoms with Gasteiger partial charge < -0.3 is 49.6 Å². The number of aliphatic hydroxyl groups is 5. The Hall–Kier alpha value is -1.83. The van der Waals surface area contributed by atoms with E-state index in [0.717, 1.165) is 0 Å². The lowest BCUT2D eigenvalue weighted by molar-refractivity contribution is -0.320. The number of benzene rings is 1. The molecule has 11 heteroatoms. The number of esters is 1. The van der Waals surface area contributed by atoms with Crippen LogP contribution in [0, 0.1) is 11.8 Å². The quantitative estimate of drug-likeness (QED) is 0.274. The Morgan fingerprint density at radius 1 is 1.06 bits per heavy atom. The van der Waals surface area contributed by atoms with Gasteiger partial charge in [-0.3, -0.25) is 0 Å². The topological polar surface area (TPSA) is 175 Å². The number of phenolic OH excluding ortho intramolecular Hbond substituents is 1. The van der Waals surface area contributed by atoms with Crippen LogP contribution in [0.2, 0.25) is 0 Å². The molecule has 0 amide bonds. The number of phenols is 1. The second-order valence-corrected chi connectivity index (χ2v) is 9.76. The first-order chi connectivity index (χ1) is 16.2. The largest absolute Gasteiger partial charge is 0.508 e. The fourth-order valence-electron chi connectivity index (χ4n) is 5.97. The van der Waals surface area contributed by atoms with Gasteiger partial charge in [-0.2, -0.15) is 0 Å². The minimum absolute atomic E-state index is 0.0294. The van der Waals surface area contributed by atoms with Crippen molar-refractivity contribution in [2.75, 3.05) is 13.2 Å². The SMILES string of the molecule is O=C(OC1C[C@@]2(O)COC3C[C@@H](O[C@@H]4O[C@H](CO)[C@@H](O)[C@H](O)[C@H]4O)[C@H]2[C@H]1C3)c1ccc(O)cc1. The summed E-state index contributed by atoms with van der Waals surface area (Å²) in [6.07, 6.45) is -7.50. The number of hydrogen-bond acceptors (Lipinski definition) is 11. The molecule has 1 aromatic carbocycles. The maximum atomic E-state index is 12.7. The van der Waals surface area contributed by atoms with E-state index in [1.165, 1.54) is 24.3 Å². The van der Waals surface area contributed by atoms with E-state index in [9.17, 15) is 35.4 Å². The molecule has 3 aliphatic heterocycles. The highest BCUT2D eigenvalue weighted by Gasteiger charge is 2.63. The van der Waals surface area contributed by atoms with Gasteiger partial charge in [-0.15, -0.1) is 0 Å². The Bertz CT molecular complexity index is 891. The van der Waals surface area contributed by atoms with Crippen molar-refractivity contribution >= 4 is 5.97 Å². The number of carbonyl (C=O) groups excluding carboxylic acids is 1. The van der Waals surface area contributed by atoms with E-state index in [0.29, 0.717) is 12.8 Å². The minimum atomic E-state index is -1.58. The van der Waals surface area contributed by atoms with E-state index in [4.69, 9.17) is 18.9 Å². The third kappa shape index (κ3) is 4.10. The van der Waals surface area contributed by atoms with Crippen LogP contribution in [-0.2, 0) is 18.9 Å². The molecule has 0 radical (unpaired) electrons. The Balaban J connectivity index is 1.34. The van der Waals surface area contributed by atoms with Gasteiger partial charge in [0.05, 0.1) is 36.6 Å². The Morgan fingerprint density at radius 2 is 1.79 bits per heavy atom. The summed E-state index contributed by atoms with van der Waals surface area (Å²) >= 11 is 0. The van der Waals surface area contributed by atoms with Gasteiger partial charge in [0.25, 0.3) is 0 Å². The van der Waals surface area contributed by atoms with E-state index in [1.54, 1.807) is 0 Å². The highest BCUT2D eigenvalue weighted by atomic mass is 16.7.